The van der Waals surface area contributed by atoms with Crippen LogP contribution in [0.3, 0.4) is 0 Å². The molecular weight excluding hydrogens is 428 g/mol. The number of amides is 1. The van der Waals surface area contributed by atoms with Gasteiger partial charge in [0.25, 0.3) is 5.91 Å². The number of hydrogen-bond acceptors (Lipinski definition) is 5. The molecule has 1 aliphatic rings. The van der Waals surface area contributed by atoms with Crippen LogP contribution >= 0.6 is 0 Å². The van der Waals surface area contributed by atoms with Crippen LogP contribution in [0.15, 0.2) is 67.0 Å². The number of aromatic amines is 1. The Morgan fingerprint density at radius 2 is 1.94 bits per heavy atom. The number of morpholine rings is 1. The molecule has 0 aliphatic carbocycles. The maximum absolute atomic E-state index is 13.0. The highest BCUT2D eigenvalue weighted by Crippen LogP contribution is 2.37. The van der Waals surface area contributed by atoms with Gasteiger partial charge in [-0.05, 0) is 44.2 Å². The third-order valence-electron chi connectivity index (χ3n) is 6.39. The van der Waals surface area contributed by atoms with Crippen molar-refractivity contribution in [3.63, 3.8) is 0 Å². The van der Waals surface area contributed by atoms with Gasteiger partial charge in [0.05, 0.1) is 12.3 Å². The lowest BCUT2D eigenvalue weighted by atomic mass is 10.0. The second kappa shape index (κ2) is 7.43. The van der Waals surface area contributed by atoms with E-state index in [1.54, 1.807) is 18.7 Å². The molecule has 0 unspecified atom stereocenters. The first-order valence-electron chi connectivity index (χ1n) is 11.2. The minimum absolute atomic E-state index is 0.0544. The summed E-state index contributed by atoms with van der Waals surface area (Å²) in [6, 6.07) is 20.2. The summed E-state index contributed by atoms with van der Waals surface area (Å²) in [6.07, 6.45) is 1.46. The maximum atomic E-state index is 13.0. The van der Waals surface area contributed by atoms with Crippen LogP contribution in [0, 0.1) is 0 Å². The zero-order valence-corrected chi connectivity index (χ0v) is 18.9. The fraction of sp³-hybridized carbons (Fsp3) is 0.192. The molecule has 8 heteroatoms. The van der Waals surface area contributed by atoms with Gasteiger partial charge in [0.1, 0.15) is 17.4 Å². The van der Waals surface area contributed by atoms with Gasteiger partial charge in [0.15, 0.2) is 5.82 Å². The Morgan fingerprint density at radius 1 is 1.09 bits per heavy atom. The SMILES string of the molecule is CC1(C)OCCN(c2cccc(-c3cc(-c4cc5ccccc5[nH]4)c4c(N)ncnn34)c2)C1=O. The smallest absolute Gasteiger partial charge is 0.258 e. The Hall–Kier alpha value is -4.17. The van der Waals surface area contributed by atoms with E-state index in [1.165, 1.54) is 6.33 Å². The van der Waals surface area contributed by atoms with Crippen LogP contribution in [0.5, 0.6) is 0 Å². The first-order valence-corrected chi connectivity index (χ1v) is 11.2. The topological polar surface area (TPSA) is 102 Å². The van der Waals surface area contributed by atoms with Crippen molar-refractivity contribution >= 4 is 33.8 Å². The fourth-order valence-electron chi connectivity index (χ4n) is 4.66. The van der Waals surface area contributed by atoms with Gasteiger partial charge in [0.2, 0.25) is 0 Å². The molecule has 170 valence electrons. The lowest BCUT2D eigenvalue weighted by Gasteiger charge is -2.37. The standard InChI is InChI=1S/C26H24N6O2/c1-26(2)25(33)31(10-11-34-26)18-8-5-7-17(12-18)22-14-19(23-24(27)28-15-29-32(22)23)21-13-16-6-3-4-9-20(16)30-21/h3-9,12-15,30H,10-11H2,1-2H3,(H2,27,28,29). The Labute approximate surface area is 196 Å². The normalized spacial score (nSPS) is 15.9. The molecule has 1 amide bonds. The van der Waals surface area contributed by atoms with Gasteiger partial charge in [0, 0.05) is 40.0 Å². The van der Waals surface area contributed by atoms with E-state index in [4.69, 9.17) is 10.5 Å². The largest absolute Gasteiger partial charge is 0.382 e. The summed E-state index contributed by atoms with van der Waals surface area (Å²) in [7, 11) is 0. The van der Waals surface area contributed by atoms with Crippen molar-refractivity contribution in [3.05, 3.63) is 67.0 Å². The summed E-state index contributed by atoms with van der Waals surface area (Å²) in [5, 5.41) is 5.62. The van der Waals surface area contributed by atoms with E-state index in [1.807, 2.05) is 47.0 Å². The van der Waals surface area contributed by atoms with Crippen LogP contribution in [-0.4, -0.2) is 44.2 Å². The molecule has 0 spiro atoms. The second-order valence-electron chi connectivity index (χ2n) is 8.99. The number of rotatable bonds is 3. The van der Waals surface area contributed by atoms with Gasteiger partial charge >= 0.3 is 0 Å². The van der Waals surface area contributed by atoms with Gasteiger partial charge in [-0.1, -0.05) is 30.3 Å². The molecule has 1 fully saturated rings. The van der Waals surface area contributed by atoms with E-state index in [0.717, 1.165) is 44.6 Å². The number of H-pyrrole nitrogens is 1. The molecule has 2 aromatic carbocycles. The van der Waals surface area contributed by atoms with Crippen molar-refractivity contribution in [2.75, 3.05) is 23.8 Å². The van der Waals surface area contributed by atoms with Gasteiger partial charge in [-0.25, -0.2) is 9.50 Å². The van der Waals surface area contributed by atoms with E-state index < -0.39 is 5.60 Å². The first-order chi connectivity index (χ1) is 16.4. The van der Waals surface area contributed by atoms with Crippen molar-refractivity contribution in [3.8, 4) is 22.5 Å². The predicted octanol–water partition coefficient (Wildman–Crippen LogP) is 4.27. The molecule has 4 heterocycles. The lowest BCUT2D eigenvalue weighted by Crippen LogP contribution is -2.53. The molecular formula is C26H24N6O2. The minimum atomic E-state index is -0.847. The number of hydrogen-bond donors (Lipinski definition) is 2. The van der Waals surface area contributed by atoms with Gasteiger partial charge in [-0.2, -0.15) is 5.10 Å². The minimum Gasteiger partial charge on any atom is -0.382 e. The number of nitrogen functional groups attached to an aromatic ring is 1. The highest BCUT2D eigenvalue weighted by atomic mass is 16.5. The Morgan fingerprint density at radius 3 is 2.79 bits per heavy atom. The van der Waals surface area contributed by atoms with Crippen molar-refractivity contribution in [1.29, 1.82) is 0 Å². The molecule has 0 atom stereocenters. The molecule has 8 nitrogen and oxygen atoms in total. The molecule has 6 rings (SSSR count). The summed E-state index contributed by atoms with van der Waals surface area (Å²) >= 11 is 0. The van der Waals surface area contributed by atoms with Crippen LogP contribution in [0.1, 0.15) is 13.8 Å². The molecule has 34 heavy (non-hydrogen) atoms. The van der Waals surface area contributed by atoms with Crippen molar-refractivity contribution in [1.82, 2.24) is 19.6 Å². The number of anilines is 2. The first kappa shape index (κ1) is 20.4. The molecule has 1 saturated heterocycles. The summed E-state index contributed by atoms with van der Waals surface area (Å²) in [4.78, 5) is 22.5. The third-order valence-corrected chi connectivity index (χ3v) is 6.39. The maximum Gasteiger partial charge on any atom is 0.258 e. The van der Waals surface area contributed by atoms with E-state index >= 15 is 0 Å². The highest BCUT2D eigenvalue weighted by Gasteiger charge is 2.37. The number of ether oxygens (including phenoxy) is 1. The number of nitrogens with one attached hydrogen (secondary N) is 1. The average Bonchev–Trinajstić information content (AvgIpc) is 3.43. The van der Waals surface area contributed by atoms with Gasteiger partial charge in [-0.3, -0.25) is 4.79 Å². The summed E-state index contributed by atoms with van der Waals surface area (Å²) in [5.74, 6) is 0.345. The van der Waals surface area contributed by atoms with Gasteiger partial charge < -0.3 is 20.4 Å². The number of benzene rings is 2. The second-order valence-corrected chi connectivity index (χ2v) is 8.99. The van der Waals surface area contributed by atoms with Gasteiger partial charge in [-0.15, -0.1) is 0 Å². The number of para-hydroxylation sites is 1. The number of nitrogens with two attached hydrogens (primary N) is 1. The quantitative estimate of drug-likeness (QED) is 0.426. The molecule has 5 aromatic rings. The van der Waals surface area contributed by atoms with E-state index in [2.05, 4.69) is 33.3 Å². The van der Waals surface area contributed by atoms with Crippen LogP contribution in [0.2, 0.25) is 0 Å². The number of nitrogens with zero attached hydrogens (tertiary/aromatic N) is 4. The highest BCUT2D eigenvalue weighted by molar-refractivity contribution is 6.00. The van der Waals surface area contributed by atoms with E-state index in [0.29, 0.717) is 19.0 Å². The molecule has 0 bridgehead atoms. The Kier molecular flexibility index (Phi) is 4.46. The Bertz CT molecular complexity index is 1530. The predicted molar refractivity (Wildman–Crippen MR) is 133 cm³/mol. The number of carbonyl (C=O) groups is 1. The van der Waals surface area contributed by atoms with E-state index in [-0.39, 0.29) is 5.91 Å². The fourth-order valence-corrected chi connectivity index (χ4v) is 4.66. The van der Waals surface area contributed by atoms with E-state index in [9.17, 15) is 4.79 Å². The van der Waals surface area contributed by atoms with Crippen LogP contribution in [-0.2, 0) is 9.53 Å². The molecule has 3 aromatic heterocycles. The average molecular weight is 453 g/mol. The molecule has 1 aliphatic heterocycles. The van der Waals surface area contributed by atoms with Crippen LogP contribution < -0.4 is 10.6 Å². The number of fused-ring (bicyclic) bond motifs is 2. The third kappa shape index (κ3) is 3.14. The van der Waals surface area contributed by atoms with Crippen LogP contribution in [0.4, 0.5) is 11.5 Å². The monoisotopic (exact) mass is 452 g/mol. The Balaban J connectivity index is 1.51. The molecule has 3 N–H and O–H groups in total. The van der Waals surface area contributed by atoms with Crippen molar-refractivity contribution in [2.24, 2.45) is 0 Å². The summed E-state index contributed by atoms with van der Waals surface area (Å²) in [6.45, 7) is 4.61. The summed E-state index contributed by atoms with van der Waals surface area (Å²) in [5.41, 5.74) is 11.7. The number of aromatic nitrogens is 4. The number of carbonyl (C=O) groups excluding carboxylic acids is 1. The van der Waals surface area contributed by atoms with Crippen LogP contribution in [0.25, 0.3) is 38.9 Å². The van der Waals surface area contributed by atoms with Crippen molar-refractivity contribution < 1.29 is 9.53 Å². The summed E-state index contributed by atoms with van der Waals surface area (Å²) < 4.78 is 7.48. The van der Waals surface area contributed by atoms with Crippen molar-refractivity contribution in [2.45, 2.75) is 19.4 Å². The zero-order chi connectivity index (χ0) is 23.4. The zero-order valence-electron chi connectivity index (χ0n) is 18.9. The lowest BCUT2D eigenvalue weighted by molar-refractivity contribution is -0.144. The molecule has 0 saturated carbocycles. The molecule has 0 radical (unpaired) electrons.